The van der Waals surface area contributed by atoms with Crippen LogP contribution < -0.4 is 10.1 Å². The highest BCUT2D eigenvalue weighted by Crippen LogP contribution is 2.33. The third-order valence-electron chi connectivity index (χ3n) is 4.39. The molecule has 1 aliphatic rings. The summed E-state index contributed by atoms with van der Waals surface area (Å²) in [5, 5.41) is 13.2. The number of rotatable bonds is 8. The Kier molecular flexibility index (Phi) is 7.49. The summed E-state index contributed by atoms with van der Waals surface area (Å²) in [6.07, 6.45) is 1.39. The van der Waals surface area contributed by atoms with Crippen molar-refractivity contribution in [1.29, 1.82) is 0 Å². The second-order valence-corrected chi connectivity index (χ2v) is 7.89. The van der Waals surface area contributed by atoms with Crippen molar-refractivity contribution in [3.63, 3.8) is 0 Å². The number of halogens is 1. The van der Waals surface area contributed by atoms with Crippen molar-refractivity contribution in [2.75, 3.05) is 19.7 Å². The molecule has 0 spiro atoms. The first kappa shape index (κ1) is 23.3. The minimum Gasteiger partial charge on any atom is -0.493 e. The third-order valence-corrected chi connectivity index (χ3v) is 5.62. The van der Waals surface area contributed by atoms with Gasteiger partial charge in [0.15, 0.2) is 0 Å². The number of nitrogens with zero attached hydrogens (tertiary/aromatic N) is 2. The Bertz CT molecular complexity index is 1120. The van der Waals surface area contributed by atoms with Gasteiger partial charge in [-0.15, -0.1) is 0 Å². The zero-order valence-corrected chi connectivity index (χ0v) is 18.4. The van der Waals surface area contributed by atoms with E-state index in [0.717, 1.165) is 16.7 Å². The van der Waals surface area contributed by atoms with Gasteiger partial charge >= 0.3 is 0 Å². The topological polar surface area (TPSA) is 119 Å². The van der Waals surface area contributed by atoms with Crippen LogP contribution in [-0.2, 0) is 4.79 Å². The number of ether oxygens (including phenoxy) is 1. The highest BCUT2D eigenvalue weighted by Gasteiger charge is 2.34. The summed E-state index contributed by atoms with van der Waals surface area (Å²) in [6, 6.07) is 10.9. The summed E-state index contributed by atoms with van der Waals surface area (Å²) in [4.78, 5) is 48.9. The van der Waals surface area contributed by atoms with Crippen molar-refractivity contribution in [2.24, 2.45) is 0 Å². The Morgan fingerprint density at radius 1 is 1.28 bits per heavy atom. The number of carbonyl (C=O) groups is 3. The molecule has 3 rings (SSSR count). The fraction of sp³-hybridized carbons (Fsp3) is 0.190. The van der Waals surface area contributed by atoms with E-state index in [-0.39, 0.29) is 34.6 Å². The highest BCUT2D eigenvalue weighted by molar-refractivity contribution is 8.18. The molecule has 11 heteroatoms. The maximum atomic E-state index is 12.6. The molecular weight excluding hydrogens is 458 g/mol. The molecule has 1 aliphatic heterocycles. The van der Waals surface area contributed by atoms with Gasteiger partial charge in [0.05, 0.1) is 22.0 Å². The van der Waals surface area contributed by atoms with Gasteiger partial charge in [-0.05, 0) is 48.5 Å². The summed E-state index contributed by atoms with van der Waals surface area (Å²) in [7, 11) is 0. The van der Waals surface area contributed by atoms with Gasteiger partial charge in [0, 0.05) is 19.2 Å². The number of para-hydroxylation sites is 1. The highest BCUT2D eigenvalue weighted by atomic mass is 35.5. The molecule has 2 aromatic rings. The van der Waals surface area contributed by atoms with Gasteiger partial charge in [-0.25, -0.2) is 0 Å². The molecule has 32 heavy (non-hydrogen) atoms. The second-order valence-electron chi connectivity index (χ2n) is 6.49. The minimum atomic E-state index is -0.627. The predicted octanol–water partition coefficient (Wildman–Crippen LogP) is 4.11. The van der Waals surface area contributed by atoms with Crippen LogP contribution in [0.1, 0.15) is 22.8 Å². The molecule has 0 bridgehead atoms. The zero-order valence-electron chi connectivity index (χ0n) is 16.9. The second kappa shape index (κ2) is 10.3. The molecule has 2 aromatic carbocycles. The Labute approximate surface area is 192 Å². The molecular formula is C21H18ClN3O6S. The molecule has 0 unspecified atom stereocenters. The van der Waals surface area contributed by atoms with Crippen molar-refractivity contribution < 1.29 is 24.0 Å². The number of thioether (sulfide) groups is 1. The minimum absolute atomic E-state index is 0.0225. The molecule has 0 saturated carbocycles. The van der Waals surface area contributed by atoms with Crippen LogP contribution in [-0.4, -0.2) is 46.6 Å². The van der Waals surface area contributed by atoms with Crippen LogP contribution in [0.15, 0.2) is 47.4 Å². The van der Waals surface area contributed by atoms with Crippen LogP contribution in [0.5, 0.6) is 5.75 Å². The molecule has 0 aromatic heterocycles. The van der Waals surface area contributed by atoms with Gasteiger partial charge in [-0.3, -0.25) is 29.4 Å². The lowest BCUT2D eigenvalue weighted by Crippen LogP contribution is -2.37. The van der Waals surface area contributed by atoms with E-state index >= 15 is 0 Å². The van der Waals surface area contributed by atoms with E-state index in [2.05, 4.69) is 5.32 Å². The average Bonchev–Trinajstić information content (AvgIpc) is 3.02. The summed E-state index contributed by atoms with van der Waals surface area (Å²) in [5.41, 5.74) is 0.426. The number of amides is 3. The molecule has 1 fully saturated rings. The Hall–Kier alpha value is -3.37. The maximum Gasteiger partial charge on any atom is 0.293 e. The number of nitrogens with one attached hydrogen (secondary N) is 1. The Morgan fingerprint density at radius 2 is 2.03 bits per heavy atom. The standard InChI is InChI=1S/C21H18ClN3O6S/c1-2-31-17-6-4-3-5-14(17)19(26)23-9-10-24-20(27)18(32-21(24)28)12-13-7-8-15(22)16(11-13)25(29)30/h3-8,11-12H,2,9-10H2,1H3,(H,23,26)/b18-12-. The SMILES string of the molecule is CCOc1ccccc1C(=O)NCCN1C(=O)S/C(=C\c2ccc(Cl)c([N+](=O)[O-])c2)C1=O. The summed E-state index contributed by atoms with van der Waals surface area (Å²) >= 11 is 6.52. The van der Waals surface area contributed by atoms with E-state index in [1.807, 2.05) is 6.92 Å². The molecule has 9 nitrogen and oxygen atoms in total. The smallest absolute Gasteiger partial charge is 0.293 e. The van der Waals surface area contributed by atoms with Crippen molar-refractivity contribution in [3.8, 4) is 5.75 Å². The molecule has 1 heterocycles. The van der Waals surface area contributed by atoms with Gasteiger partial charge in [0.2, 0.25) is 0 Å². The van der Waals surface area contributed by atoms with Gasteiger partial charge < -0.3 is 10.1 Å². The zero-order chi connectivity index (χ0) is 23.3. The van der Waals surface area contributed by atoms with E-state index in [4.69, 9.17) is 16.3 Å². The van der Waals surface area contributed by atoms with Gasteiger partial charge in [-0.1, -0.05) is 29.8 Å². The number of benzene rings is 2. The number of nitro benzene ring substituents is 1. The van der Waals surface area contributed by atoms with E-state index in [9.17, 15) is 24.5 Å². The normalized spacial score (nSPS) is 14.7. The van der Waals surface area contributed by atoms with Crippen LogP contribution in [0, 0.1) is 10.1 Å². The lowest BCUT2D eigenvalue weighted by Gasteiger charge is -2.14. The Balaban J connectivity index is 1.65. The predicted molar refractivity (Wildman–Crippen MR) is 121 cm³/mol. The lowest BCUT2D eigenvalue weighted by molar-refractivity contribution is -0.384. The molecule has 3 amide bonds. The summed E-state index contributed by atoms with van der Waals surface area (Å²) in [5.74, 6) is -0.481. The first-order chi connectivity index (χ1) is 15.3. The van der Waals surface area contributed by atoms with E-state index < -0.39 is 16.1 Å². The third kappa shape index (κ3) is 5.27. The fourth-order valence-corrected chi connectivity index (χ4v) is 3.97. The van der Waals surface area contributed by atoms with Gasteiger partial charge in [-0.2, -0.15) is 0 Å². The van der Waals surface area contributed by atoms with E-state index in [0.29, 0.717) is 23.5 Å². The fourth-order valence-electron chi connectivity index (χ4n) is 2.92. The number of hydrogen-bond donors (Lipinski definition) is 1. The monoisotopic (exact) mass is 475 g/mol. The molecule has 0 atom stereocenters. The van der Waals surface area contributed by atoms with E-state index in [1.165, 1.54) is 24.3 Å². The van der Waals surface area contributed by atoms with E-state index in [1.54, 1.807) is 24.3 Å². The maximum absolute atomic E-state index is 12.6. The molecule has 166 valence electrons. The van der Waals surface area contributed by atoms with Crippen molar-refractivity contribution >= 4 is 52.2 Å². The van der Waals surface area contributed by atoms with Crippen LogP contribution >= 0.6 is 23.4 Å². The molecule has 0 radical (unpaired) electrons. The first-order valence-corrected chi connectivity index (χ1v) is 10.7. The van der Waals surface area contributed by atoms with Crippen molar-refractivity contribution in [2.45, 2.75) is 6.92 Å². The quantitative estimate of drug-likeness (QED) is 0.346. The number of hydrogen-bond acceptors (Lipinski definition) is 7. The number of carbonyl (C=O) groups excluding carboxylic acids is 3. The summed E-state index contributed by atoms with van der Waals surface area (Å²) in [6.45, 7) is 2.25. The molecule has 1 N–H and O–H groups in total. The molecule has 1 saturated heterocycles. The van der Waals surface area contributed by atoms with Crippen LogP contribution in [0.2, 0.25) is 5.02 Å². The largest absolute Gasteiger partial charge is 0.493 e. The Morgan fingerprint density at radius 3 is 2.75 bits per heavy atom. The van der Waals surface area contributed by atoms with Crippen molar-refractivity contribution in [3.05, 3.63) is 73.6 Å². The van der Waals surface area contributed by atoms with Crippen LogP contribution in [0.25, 0.3) is 6.08 Å². The average molecular weight is 476 g/mol. The summed E-state index contributed by atoms with van der Waals surface area (Å²) < 4.78 is 5.43. The van der Waals surface area contributed by atoms with Gasteiger partial charge in [0.25, 0.3) is 22.7 Å². The number of imide groups is 1. The molecule has 0 aliphatic carbocycles. The number of nitro groups is 1. The first-order valence-electron chi connectivity index (χ1n) is 9.51. The van der Waals surface area contributed by atoms with Crippen LogP contribution in [0.4, 0.5) is 10.5 Å². The van der Waals surface area contributed by atoms with Gasteiger partial charge in [0.1, 0.15) is 10.8 Å². The van der Waals surface area contributed by atoms with Crippen LogP contribution in [0.3, 0.4) is 0 Å². The lowest BCUT2D eigenvalue weighted by atomic mass is 10.2. The van der Waals surface area contributed by atoms with Crippen molar-refractivity contribution in [1.82, 2.24) is 10.2 Å².